The van der Waals surface area contributed by atoms with E-state index < -0.39 is 10.0 Å². The Kier molecular flexibility index (Phi) is 5.03. The van der Waals surface area contributed by atoms with Crippen LogP contribution in [0.25, 0.3) is 0 Å². The Morgan fingerprint density at radius 3 is 2.50 bits per heavy atom. The van der Waals surface area contributed by atoms with E-state index in [-0.39, 0.29) is 22.5 Å². The molecule has 1 aliphatic carbocycles. The number of benzene rings is 1. The van der Waals surface area contributed by atoms with Crippen LogP contribution in [0.15, 0.2) is 23.1 Å². The number of hydrogen-bond donors (Lipinski definition) is 1. The summed E-state index contributed by atoms with van der Waals surface area (Å²) < 4.78 is 32.3. The van der Waals surface area contributed by atoms with Crippen LogP contribution < -0.4 is 10.1 Å². The van der Waals surface area contributed by atoms with Gasteiger partial charge < -0.3 is 10.1 Å². The number of sulfonamides is 1. The average Bonchev–Trinajstić information content (AvgIpc) is 3.39. The summed E-state index contributed by atoms with van der Waals surface area (Å²) >= 11 is 5.95. The van der Waals surface area contributed by atoms with E-state index in [4.69, 9.17) is 16.3 Å². The van der Waals surface area contributed by atoms with Crippen LogP contribution in [0.4, 0.5) is 0 Å². The molecule has 0 aromatic heterocycles. The predicted octanol–water partition coefficient (Wildman–Crippen LogP) is 2.03. The van der Waals surface area contributed by atoms with Crippen molar-refractivity contribution in [1.82, 2.24) is 9.62 Å². The van der Waals surface area contributed by atoms with Crippen LogP contribution >= 0.6 is 11.6 Å². The van der Waals surface area contributed by atoms with Crippen molar-refractivity contribution in [1.29, 1.82) is 0 Å². The van der Waals surface area contributed by atoms with Gasteiger partial charge in [-0.2, -0.15) is 4.31 Å². The first-order chi connectivity index (χ1) is 11.4. The highest BCUT2D eigenvalue weighted by Gasteiger charge is 2.35. The Morgan fingerprint density at radius 1 is 1.25 bits per heavy atom. The van der Waals surface area contributed by atoms with Gasteiger partial charge in [0, 0.05) is 30.1 Å². The third kappa shape index (κ3) is 3.68. The molecule has 1 saturated carbocycles. The van der Waals surface area contributed by atoms with Gasteiger partial charge in [0.05, 0.1) is 7.11 Å². The number of carbonyl (C=O) groups is 1. The zero-order valence-electron chi connectivity index (χ0n) is 13.5. The lowest BCUT2D eigenvalue weighted by molar-refractivity contribution is -0.126. The molecule has 2 aliphatic rings. The molecule has 1 saturated heterocycles. The summed E-state index contributed by atoms with van der Waals surface area (Å²) in [5, 5.41) is 3.33. The Bertz CT molecular complexity index is 726. The van der Waals surface area contributed by atoms with Gasteiger partial charge in [0.2, 0.25) is 15.9 Å². The van der Waals surface area contributed by atoms with Gasteiger partial charge in [-0.3, -0.25) is 4.79 Å². The van der Waals surface area contributed by atoms with Crippen LogP contribution in [0.3, 0.4) is 0 Å². The van der Waals surface area contributed by atoms with E-state index in [1.54, 1.807) is 12.1 Å². The number of piperidine rings is 1. The summed E-state index contributed by atoms with van der Waals surface area (Å²) in [6.45, 7) is 0.640. The van der Waals surface area contributed by atoms with Gasteiger partial charge in [-0.1, -0.05) is 11.6 Å². The van der Waals surface area contributed by atoms with Crippen molar-refractivity contribution >= 4 is 27.5 Å². The number of rotatable bonds is 5. The number of methoxy groups -OCH3 is 1. The van der Waals surface area contributed by atoms with E-state index in [1.807, 2.05) is 0 Å². The van der Waals surface area contributed by atoms with Crippen LogP contribution in [0, 0.1) is 5.92 Å². The second-order valence-corrected chi connectivity index (χ2v) is 8.60. The van der Waals surface area contributed by atoms with E-state index in [9.17, 15) is 13.2 Å². The molecule has 1 heterocycles. The zero-order valence-corrected chi connectivity index (χ0v) is 15.1. The predicted molar refractivity (Wildman–Crippen MR) is 90.7 cm³/mol. The van der Waals surface area contributed by atoms with E-state index >= 15 is 0 Å². The van der Waals surface area contributed by atoms with Crippen molar-refractivity contribution in [3.8, 4) is 5.75 Å². The SMILES string of the molecule is COc1ccc(Cl)cc1S(=O)(=O)N1CCC(C(=O)NC2CC2)CC1. The fourth-order valence-electron chi connectivity index (χ4n) is 2.90. The van der Waals surface area contributed by atoms with Gasteiger partial charge in [0.25, 0.3) is 0 Å². The lowest BCUT2D eigenvalue weighted by atomic mass is 9.97. The summed E-state index contributed by atoms with van der Waals surface area (Å²) in [6.07, 6.45) is 3.16. The summed E-state index contributed by atoms with van der Waals surface area (Å²) in [4.78, 5) is 12.2. The largest absolute Gasteiger partial charge is 0.495 e. The molecule has 1 aromatic rings. The lowest BCUT2D eigenvalue weighted by Gasteiger charge is -2.31. The number of halogens is 1. The molecule has 6 nitrogen and oxygen atoms in total. The molecule has 1 amide bonds. The first-order valence-electron chi connectivity index (χ1n) is 8.06. The minimum Gasteiger partial charge on any atom is -0.495 e. The summed E-state index contributed by atoms with van der Waals surface area (Å²) in [7, 11) is -2.27. The van der Waals surface area contributed by atoms with Crippen LogP contribution in [0.1, 0.15) is 25.7 Å². The number of carbonyl (C=O) groups excluding carboxylic acids is 1. The number of nitrogens with one attached hydrogen (secondary N) is 1. The van der Waals surface area contributed by atoms with Crippen LogP contribution in [-0.4, -0.2) is 44.9 Å². The molecule has 132 valence electrons. The number of nitrogens with zero attached hydrogens (tertiary/aromatic N) is 1. The topological polar surface area (TPSA) is 75.7 Å². The second kappa shape index (κ2) is 6.90. The fraction of sp³-hybridized carbons (Fsp3) is 0.562. The molecule has 1 N–H and O–H groups in total. The Labute approximate surface area is 147 Å². The molecule has 8 heteroatoms. The average molecular weight is 373 g/mol. The van der Waals surface area contributed by atoms with Crippen LogP contribution in [0.2, 0.25) is 5.02 Å². The third-order valence-electron chi connectivity index (χ3n) is 4.49. The second-order valence-electron chi connectivity index (χ2n) is 6.26. The van der Waals surface area contributed by atoms with Crippen molar-refractivity contribution in [3.05, 3.63) is 23.2 Å². The minimum atomic E-state index is -3.69. The molecule has 0 spiro atoms. The van der Waals surface area contributed by atoms with Crippen molar-refractivity contribution in [2.45, 2.75) is 36.6 Å². The van der Waals surface area contributed by atoms with E-state index in [0.717, 1.165) is 12.8 Å². The highest BCUT2D eigenvalue weighted by molar-refractivity contribution is 7.89. The third-order valence-corrected chi connectivity index (χ3v) is 6.65. The van der Waals surface area contributed by atoms with Gasteiger partial charge in [-0.05, 0) is 43.9 Å². The van der Waals surface area contributed by atoms with E-state index in [1.165, 1.54) is 17.5 Å². The normalized spacial score (nSPS) is 19.9. The van der Waals surface area contributed by atoms with Crippen molar-refractivity contribution in [2.75, 3.05) is 20.2 Å². The summed E-state index contributed by atoms with van der Waals surface area (Å²) in [5.41, 5.74) is 0. The molecule has 0 atom stereocenters. The maximum atomic E-state index is 12.9. The summed E-state index contributed by atoms with van der Waals surface area (Å²) in [6, 6.07) is 4.87. The molecule has 24 heavy (non-hydrogen) atoms. The van der Waals surface area contributed by atoms with Crippen molar-refractivity contribution in [3.63, 3.8) is 0 Å². The molecule has 3 rings (SSSR count). The van der Waals surface area contributed by atoms with Gasteiger partial charge in [0.1, 0.15) is 10.6 Å². The Balaban J connectivity index is 1.70. The molecule has 1 aliphatic heterocycles. The smallest absolute Gasteiger partial charge is 0.246 e. The zero-order chi connectivity index (χ0) is 17.3. The van der Waals surface area contributed by atoms with Crippen LogP contribution in [-0.2, 0) is 14.8 Å². The number of amides is 1. The van der Waals surface area contributed by atoms with Gasteiger partial charge >= 0.3 is 0 Å². The quantitative estimate of drug-likeness (QED) is 0.858. The van der Waals surface area contributed by atoms with E-state index in [2.05, 4.69) is 5.32 Å². The molecule has 2 fully saturated rings. The standard InChI is InChI=1S/C16H21ClN2O4S/c1-23-14-5-2-12(17)10-15(14)24(21,22)19-8-6-11(7-9-19)16(20)18-13-3-4-13/h2,5,10-11,13H,3-4,6-9H2,1H3,(H,18,20). The maximum absolute atomic E-state index is 12.9. The lowest BCUT2D eigenvalue weighted by Crippen LogP contribution is -2.43. The Hall–Kier alpha value is -1.31. The molecule has 0 unspecified atom stereocenters. The fourth-order valence-corrected chi connectivity index (χ4v) is 4.78. The highest BCUT2D eigenvalue weighted by Crippen LogP contribution is 2.32. The molecular formula is C16H21ClN2O4S. The first kappa shape index (κ1) is 17.5. The van der Waals surface area contributed by atoms with Gasteiger partial charge in [0.15, 0.2) is 0 Å². The van der Waals surface area contributed by atoms with Gasteiger partial charge in [-0.15, -0.1) is 0 Å². The maximum Gasteiger partial charge on any atom is 0.246 e. The van der Waals surface area contributed by atoms with E-state index in [0.29, 0.717) is 37.0 Å². The number of hydrogen-bond acceptors (Lipinski definition) is 4. The van der Waals surface area contributed by atoms with Gasteiger partial charge in [-0.25, -0.2) is 8.42 Å². The monoisotopic (exact) mass is 372 g/mol. The number of ether oxygens (including phenoxy) is 1. The van der Waals surface area contributed by atoms with Crippen molar-refractivity contribution in [2.24, 2.45) is 5.92 Å². The molecule has 0 bridgehead atoms. The highest BCUT2D eigenvalue weighted by atomic mass is 35.5. The van der Waals surface area contributed by atoms with Crippen LogP contribution in [0.5, 0.6) is 5.75 Å². The molecule has 1 aromatic carbocycles. The Morgan fingerprint density at radius 2 is 1.92 bits per heavy atom. The van der Waals surface area contributed by atoms with Crippen molar-refractivity contribution < 1.29 is 17.9 Å². The molecule has 0 radical (unpaired) electrons. The summed E-state index contributed by atoms with van der Waals surface area (Å²) in [5.74, 6) is 0.209. The molecular weight excluding hydrogens is 352 g/mol. The minimum absolute atomic E-state index is 0.0508. The first-order valence-corrected chi connectivity index (χ1v) is 9.87.